The monoisotopic (exact) mass is 1370 g/mol. The first-order valence-electron chi connectivity index (χ1n) is 38.2. The van der Waals surface area contributed by atoms with Crippen LogP contribution in [-0.4, -0.2) is 96.7 Å². The molecule has 0 aliphatic carbocycles. The zero-order valence-corrected chi connectivity index (χ0v) is 62.7. The maximum atomic E-state index is 13.0. The Labute approximate surface area is 568 Å². The van der Waals surface area contributed by atoms with Crippen LogP contribution in [0.2, 0.25) is 0 Å². The maximum Gasteiger partial charge on any atom is 0.472 e. The lowest BCUT2D eigenvalue weighted by molar-refractivity contribution is -0.161. The molecule has 93 heavy (non-hydrogen) atoms. The molecule has 0 rings (SSSR count). The number of esters is 4. The quantitative estimate of drug-likeness (QED) is 0.0222. The maximum absolute atomic E-state index is 13.0. The fourth-order valence-corrected chi connectivity index (χ4v) is 12.7. The minimum Gasteiger partial charge on any atom is -0.462 e. The molecule has 552 valence electrons. The van der Waals surface area contributed by atoms with Crippen LogP contribution in [0.25, 0.3) is 0 Å². The highest BCUT2D eigenvalue weighted by Crippen LogP contribution is 2.45. The minimum atomic E-state index is -4.96. The molecule has 0 aromatic carbocycles. The highest BCUT2D eigenvalue weighted by atomic mass is 31.2. The van der Waals surface area contributed by atoms with Gasteiger partial charge in [0, 0.05) is 25.7 Å². The van der Waals surface area contributed by atoms with Gasteiger partial charge in [-0.2, -0.15) is 0 Å². The second kappa shape index (κ2) is 63.5. The van der Waals surface area contributed by atoms with Crippen LogP contribution >= 0.6 is 15.6 Å². The first-order chi connectivity index (χ1) is 44.6. The highest BCUT2D eigenvalue weighted by molar-refractivity contribution is 7.47. The number of aliphatic hydroxyl groups is 1. The van der Waals surface area contributed by atoms with Crippen LogP contribution in [0.15, 0.2) is 0 Å². The van der Waals surface area contributed by atoms with Gasteiger partial charge < -0.3 is 33.8 Å². The lowest BCUT2D eigenvalue weighted by Gasteiger charge is -2.21. The summed E-state index contributed by atoms with van der Waals surface area (Å²) in [6, 6.07) is 0. The van der Waals surface area contributed by atoms with Gasteiger partial charge in [0.25, 0.3) is 0 Å². The third-order valence-electron chi connectivity index (χ3n) is 17.4. The van der Waals surface area contributed by atoms with Gasteiger partial charge in [0.1, 0.15) is 19.3 Å². The highest BCUT2D eigenvalue weighted by Gasteiger charge is 2.30. The first kappa shape index (κ1) is 91.1. The first-order valence-corrected chi connectivity index (χ1v) is 41.2. The van der Waals surface area contributed by atoms with Crippen molar-refractivity contribution in [1.29, 1.82) is 0 Å². The van der Waals surface area contributed by atoms with Gasteiger partial charge >= 0.3 is 39.5 Å². The second-order valence-electron chi connectivity index (χ2n) is 28.4. The lowest BCUT2D eigenvalue weighted by Crippen LogP contribution is -2.30. The standard InChI is InChI=1S/C74H144O17P2/c1-9-67(8)53-45-37-29-23-24-32-41-49-57-74(79)91-69(60-84-71(76)54-46-38-30-21-18-14-16-20-27-35-43-51-65(4)5)62-88-92(80,81)86-58-68(75)59-87-93(82,83)89-63-70(61-85-72(77)55-47-39-33-25-28-36-44-52-66(6)7)90-73(78)56-48-40-31-22-17-13-11-10-12-15-19-26-34-42-50-64(2)3/h64-70,75H,9-63H2,1-8H3,(H,80,81)(H,82,83)/t67?,68?,69-,70-/m1/s1. The summed E-state index contributed by atoms with van der Waals surface area (Å²) in [7, 11) is -9.91. The number of rotatable bonds is 71. The molecule has 3 N–H and O–H groups in total. The Bertz CT molecular complexity index is 1840. The zero-order chi connectivity index (χ0) is 68.9. The van der Waals surface area contributed by atoms with E-state index in [1.807, 2.05) is 0 Å². The van der Waals surface area contributed by atoms with E-state index < -0.39 is 97.5 Å². The van der Waals surface area contributed by atoms with Gasteiger partial charge in [0.2, 0.25) is 0 Å². The molecule has 4 unspecified atom stereocenters. The van der Waals surface area contributed by atoms with Crippen LogP contribution in [0.5, 0.6) is 0 Å². The Morgan fingerprint density at radius 2 is 0.516 bits per heavy atom. The Morgan fingerprint density at radius 1 is 0.301 bits per heavy atom. The van der Waals surface area contributed by atoms with Gasteiger partial charge in [-0.25, -0.2) is 9.13 Å². The third kappa shape index (κ3) is 67.0. The summed E-state index contributed by atoms with van der Waals surface area (Å²) in [5.41, 5.74) is 0. The normalized spacial score (nSPS) is 14.5. The van der Waals surface area contributed by atoms with E-state index in [0.29, 0.717) is 31.6 Å². The number of hydrogen-bond donors (Lipinski definition) is 3. The molecule has 0 spiro atoms. The summed E-state index contributed by atoms with van der Waals surface area (Å²) >= 11 is 0. The van der Waals surface area contributed by atoms with Gasteiger partial charge in [0.05, 0.1) is 26.4 Å². The van der Waals surface area contributed by atoms with E-state index in [-0.39, 0.29) is 25.7 Å². The molecule has 19 heteroatoms. The minimum absolute atomic E-state index is 0.104. The molecule has 0 saturated carbocycles. The van der Waals surface area contributed by atoms with Crippen molar-refractivity contribution in [1.82, 2.24) is 0 Å². The van der Waals surface area contributed by atoms with Crippen molar-refractivity contribution in [3.63, 3.8) is 0 Å². The second-order valence-corrected chi connectivity index (χ2v) is 31.3. The van der Waals surface area contributed by atoms with Crippen LogP contribution in [0.1, 0.15) is 370 Å². The van der Waals surface area contributed by atoms with E-state index >= 15 is 0 Å². The molecule has 0 aromatic rings. The van der Waals surface area contributed by atoms with Gasteiger partial charge in [-0.15, -0.1) is 0 Å². The predicted molar refractivity (Wildman–Crippen MR) is 377 cm³/mol. The molecule has 0 radical (unpaired) electrons. The van der Waals surface area contributed by atoms with E-state index in [2.05, 4.69) is 55.4 Å². The summed E-state index contributed by atoms with van der Waals surface area (Å²) in [4.78, 5) is 72.7. The molecule has 0 bridgehead atoms. The smallest absolute Gasteiger partial charge is 0.462 e. The Morgan fingerprint density at radius 3 is 0.763 bits per heavy atom. The number of hydrogen-bond acceptors (Lipinski definition) is 15. The van der Waals surface area contributed by atoms with Crippen LogP contribution < -0.4 is 0 Å². The van der Waals surface area contributed by atoms with Crippen molar-refractivity contribution in [2.75, 3.05) is 39.6 Å². The zero-order valence-electron chi connectivity index (χ0n) is 60.9. The number of carbonyl (C=O) groups excluding carboxylic acids is 4. The molecule has 0 heterocycles. The van der Waals surface area contributed by atoms with Crippen LogP contribution in [-0.2, 0) is 65.4 Å². The average molecular weight is 1370 g/mol. The van der Waals surface area contributed by atoms with Crippen molar-refractivity contribution in [3.05, 3.63) is 0 Å². The van der Waals surface area contributed by atoms with Crippen LogP contribution in [0, 0.1) is 23.7 Å². The molecular weight excluding hydrogens is 1220 g/mol. The van der Waals surface area contributed by atoms with E-state index in [1.165, 1.54) is 167 Å². The Kier molecular flexibility index (Phi) is 62.2. The van der Waals surface area contributed by atoms with Crippen LogP contribution in [0.3, 0.4) is 0 Å². The number of phosphoric ester groups is 2. The molecule has 6 atom stereocenters. The lowest BCUT2D eigenvalue weighted by atomic mass is 9.99. The number of ether oxygens (including phenoxy) is 4. The van der Waals surface area contributed by atoms with Crippen LogP contribution in [0.4, 0.5) is 0 Å². The number of phosphoric acid groups is 2. The summed E-state index contributed by atoms with van der Waals surface area (Å²) in [5, 5.41) is 10.6. The van der Waals surface area contributed by atoms with Crippen molar-refractivity contribution in [2.45, 2.75) is 388 Å². The van der Waals surface area contributed by atoms with E-state index in [0.717, 1.165) is 114 Å². The fourth-order valence-electron chi connectivity index (χ4n) is 11.2. The summed E-state index contributed by atoms with van der Waals surface area (Å²) in [6.45, 7) is 14.2. The third-order valence-corrected chi connectivity index (χ3v) is 19.3. The molecule has 0 amide bonds. The van der Waals surface area contributed by atoms with Crippen molar-refractivity contribution < 1.29 is 80.2 Å². The van der Waals surface area contributed by atoms with Crippen molar-refractivity contribution in [3.8, 4) is 0 Å². The molecule has 0 aromatic heterocycles. The van der Waals surface area contributed by atoms with Gasteiger partial charge in [-0.3, -0.25) is 37.3 Å². The fraction of sp³-hybridized carbons (Fsp3) is 0.946. The predicted octanol–water partition coefficient (Wildman–Crippen LogP) is 21.3. The van der Waals surface area contributed by atoms with Gasteiger partial charge in [0.15, 0.2) is 12.2 Å². The number of unbranched alkanes of at least 4 members (excludes halogenated alkanes) is 36. The molecular formula is C74H144O17P2. The largest absolute Gasteiger partial charge is 0.472 e. The Hall–Kier alpha value is -1.94. The summed E-state index contributed by atoms with van der Waals surface area (Å²) in [5.74, 6) is 0.916. The van der Waals surface area contributed by atoms with Crippen molar-refractivity contribution >= 4 is 39.5 Å². The van der Waals surface area contributed by atoms with Crippen molar-refractivity contribution in [2.24, 2.45) is 23.7 Å². The van der Waals surface area contributed by atoms with E-state index in [4.69, 9.17) is 37.0 Å². The topological polar surface area (TPSA) is 237 Å². The molecule has 17 nitrogen and oxygen atoms in total. The summed E-state index contributed by atoms with van der Waals surface area (Å²) < 4.78 is 68.4. The summed E-state index contributed by atoms with van der Waals surface area (Å²) in [6.07, 6.45) is 47.2. The molecule has 0 aliphatic heterocycles. The average Bonchev–Trinajstić information content (AvgIpc) is 2.49. The van der Waals surface area contributed by atoms with Gasteiger partial charge in [-0.05, 0) is 49.4 Å². The Balaban J connectivity index is 5.24. The number of aliphatic hydroxyl groups excluding tert-OH is 1. The van der Waals surface area contributed by atoms with E-state index in [9.17, 15) is 43.2 Å². The molecule has 0 fully saturated rings. The molecule has 0 saturated heterocycles. The SMILES string of the molecule is CCC(C)CCCCCCCCCCC(=O)O[C@H](COC(=O)CCCCCCCCCCCCCC(C)C)COP(=O)(O)OCC(O)COP(=O)(O)OC[C@@H](COC(=O)CCCCCCCCCC(C)C)OC(=O)CCCCCCCCCCCCCCCCC(C)C. The van der Waals surface area contributed by atoms with Gasteiger partial charge in [-0.1, -0.05) is 319 Å². The number of carbonyl (C=O) groups is 4. The van der Waals surface area contributed by atoms with E-state index in [1.54, 1.807) is 0 Å². The molecule has 0 aliphatic rings.